The van der Waals surface area contributed by atoms with Gasteiger partial charge in [0.1, 0.15) is 42.7 Å². The molecule has 0 aromatic rings. The number of carboxylic acid groups (broad SMARTS) is 1. The van der Waals surface area contributed by atoms with E-state index in [1.54, 1.807) is 0 Å². The lowest BCUT2D eigenvalue weighted by atomic mass is 9.94. The molecule has 2 fully saturated rings. The summed E-state index contributed by atoms with van der Waals surface area (Å²) in [6, 6.07) is -4.17. The highest BCUT2D eigenvalue weighted by atomic mass is 16.7. The molecular weight excluding hydrogens is 478 g/mol. The quantitative estimate of drug-likeness (QED) is 0.132. The van der Waals surface area contributed by atoms with E-state index in [-0.39, 0.29) is 0 Å². The lowest BCUT2D eigenvalue weighted by Crippen LogP contribution is -2.69. The zero-order chi connectivity index (χ0) is 26.4. The van der Waals surface area contributed by atoms with E-state index in [4.69, 9.17) is 29.8 Å². The summed E-state index contributed by atoms with van der Waals surface area (Å²) in [5.41, 5.74) is 5.52. The largest absolute Gasteiger partial charge is 0.481 e. The maximum absolute atomic E-state index is 12.3. The molecule has 0 saturated carbocycles. The van der Waals surface area contributed by atoms with Gasteiger partial charge >= 0.3 is 5.97 Å². The van der Waals surface area contributed by atoms with Crippen LogP contribution in [0.5, 0.6) is 0 Å². The van der Waals surface area contributed by atoms with Gasteiger partial charge in [0.15, 0.2) is 12.6 Å². The van der Waals surface area contributed by atoms with Crippen molar-refractivity contribution >= 4 is 17.8 Å². The standard InChI is InChI=1S/C19H33N3O13/c1-6(25)21-12-14(29)16(9(5-24)34-18(12)32-2)35-19-15(30)11(13(28)8(4-23)33-19)22-17(31)7(20)3-10(26)27/h7-9,11-16,18-19,23-24,28-30H,3-5,20H2,1-2H3,(H,21,25)(H,22,31)(H,26,27)/t7-,8-,9-,11+,12-,13+,14-,15-,16-,18?,19+/m1/s1. The number of nitrogens with one attached hydrogen (secondary N) is 2. The molecule has 202 valence electrons. The van der Waals surface area contributed by atoms with Crippen molar-refractivity contribution in [1.82, 2.24) is 10.6 Å². The Morgan fingerprint density at radius 2 is 1.54 bits per heavy atom. The molecule has 2 saturated heterocycles. The van der Waals surface area contributed by atoms with E-state index in [0.717, 1.165) is 0 Å². The Kier molecular flexibility index (Phi) is 10.7. The minimum Gasteiger partial charge on any atom is -0.481 e. The van der Waals surface area contributed by atoms with Crippen molar-refractivity contribution in [2.45, 2.75) is 80.7 Å². The molecule has 11 atom stereocenters. The number of hydrogen-bond donors (Lipinski definition) is 9. The highest BCUT2D eigenvalue weighted by molar-refractivity contribution is 5.86. The molecular formula is C19H33N3O13. The summed E-state index contributed by atoms with van der Waals surface area (Å²) in [5, 5.41) is 64.9. The summed E-state index contributed by atoms with van der Waals surface area (Å²) < 4.78 is 21.7. The van der Waals surface area contributed by atoms with Crippen LogP contribution in [0.4, 0.5) is 0 Å². The third kappa shape index (κ3) is 7.04. The molecule has 10 N–H and O–H groups in total. The lowest BCUT2D eigenvalue weighted by Gasteiger charge is -2.47. The maximum Gasteiger partial charge on any atom is 0.305 e. The van der Waals surface area contributed by atoms with Crippen molar-refractivity contribution in [2.75, 3.05) is 20.3 Å². The Hall–Kier alpha value is -1.99. The molecule has 16 nitrogen and oxygen atoms in total. The summed E-state index contributed by atoms with van der Waals surface area (Å²) in [5.74, 6) is -2.88. The number of hydrogen-bond acceptors (Lipinski definition) is 13. The monoisotopic (exact) mass is 511 g/mol. The van der Waals surface area contributed by atoms with Crippen LogP contribution in [0.25, 0.3) is 0 Å². The Morgan fingerprint density at radius 1 is 0.943 bits per heavy atom. The van der Waals surface area contributed by atoms with Crippen LogP contribution >= 0.6 is 0 Å². The summed E-state index contributed by atoms with van der Waals surface area (Å²) in [6.07, 6.45) is -12.6. The highest BCUT2D eigenvalue weighted by Gasteiger charge is 2.51. The molecule has 0 radical (unpaired) electrons. The smallest absolute Gasteiger partial charge is 0.305 e. The van der Waals surface area contributed by atoms with Crippen molar-refractivity contribution in [3.63, 3.8) is 0 Å². The van der Waals surface area contributed by atoms with Gasteiger partial charge in [0.25, 0.3) is 0 Å². The average molecular weight is 511 g/mol. The number of aliphatic hydroxyl groups excluding tert-OH is 5. The van der Waals surface area contributed by atoms with Crippen LogP contribution in [0.15, 0.2) is 0 Å². The van der Waals surface area contributed by atoms with Crippen LogP contribution in [0.2, 0.25) is 0 Å². The Morgan fingerprint density at radius 3 is 2.06 bits per heavy atom. The van der Waals surface area contributed by atoms with Gasteiger partial charge < -0.3 is 66.0 Å². The second-order valence-electron chi connectivity index (χ2n) is 8.22. The molecule has 0 bridgehead atoms. The molecule has 0 aromatic carbocycles. The van der Waals surface area contributed by atoms with E-state index in [1.807, 2.05) is 0 Å². The summed E-state index contributed by atoms with van der Waals surface area (Å²) >= 11 is 0. The number of carboxylic acids is 1. The van der Waals surface area contributed by atoms with Crippen LogP contribution in [0.3, 0.4) is 0 Å². The Labute approximate surface area is 199 Å². The van der Waals surface area contributed by atoms with Crippen LogP contribution in [-0.4, -0.2) is 136 Å². The minimum absolute atomic E-state index is 0.529. The van der Waals surface area contributed by atoms with Gasteiger partial charge in [0, 0.05) is 14.0 Å². The molecule has 2 heterocycles. The number of amides is 2. The van der Waals surface area contributed by atoms with Gasteiger partial charge in [-0.2, -0.15) is 0 Å². The number of ether oxygens (including phenoxy) is 4. The Bertz CT molecular complexity index is 743. The molecule has 2 rings (SSSR count). The number of aliphatic carboxylic acids is 1. The zero-order valence-corrected chi connectivity index (χ0v) is 19.1. The van der Waals surface area contributed by atoms with Crippen molar-refractivity contribution in [3.05, 3.63) is 0 Å². The molecule has 2 aliphatic rings. The SMILES string of the molecule is COC1O[C@H](CO)[C@@H](O[C@@H]2O[C@H](CO)[C@H](O)[C@H](NC(=O)[C@H](N)CC(=O)O)[C@H]2O)[C@H](O)[C@H]1NC(C)=O. The summed E-state index contributed by atoms with van der Waals surface area (Å²) in [6.45, 7) is -0.251. The van der Waals surface area contributed by atoms with E-state index in [1.165, 1.54) is 14.0 Å². The molecule has 0 aliphatic carbocycles. The van der Waals surface area contributed by atoms with Crippen molar-refractivity contribution < 1.29 is 64.0 Å². The molecule has 0 spiro atoms. The predicted octanol–water partition coefficient (Wildman–Crippen LogP) is -5.67. The number of carbonyl (C=O) groups excluding carboxylic acids is 2. The number of carbonyl (C=O) groups is 3. The topological polar surface area (TPSA) is 260 Å². The second kappa shape index (κ2) is 12.8. The fourth-order valence-electron chi connectivity index (χ4n) is 3.90. The predicted molar refractivity (Wildman–Crippen MR) is 111 cm³/mol. The van der Waals surface area contributed by atoms with E-state index < -0.39 is 105 Å². The molecule has 35 heavy (non-hydrogen) atoms. The van der Waals surface area contributed by atoms with Crippen molar-refractivity contribution in [1.29, 1.82) is 0 Å². The fraction of sp³-hybridized carbons (Fsp3) is 0.842. The minimum atomic E-state index is -1.81. The van der Waals surface area contributed by atoms with Gasteiger partial charge in [0.2, 0.25) is 11.8 Å². The van der Waals surface area contributed by atoms with Crippen LogP contribution in [-0.2, 0) is 33.3 Å². The number of aliphatic hydroxyl groups is 5. The third-order valence-corrected chi connectivity index (χ3v) is 5.67. The first-order valence-electron chi connectivity index (χ1n) is 10.7. The van der Waals surface area contributed by atoms with Gasteiger partial charge in [0.05, 0.1) is 31.7 Å². The van der Waals surface area contributed by atoms with Crippen molar-refractivity contribution in [3.8, 4) is 0 Å². The van der Waals surface area contributed by atoms with Crippen molar-refractivity contribution in [2.24, 2.45) is 5.73 Å². The third-order valence-electron chi connectivity index (χ3n) is 5.67. The number of nitrogens with two attached hydrogens (primary N) is 1. The summed E-state index contributed by atoms with van der Waals surface area (Å²) in [7, 11) is 1.26. The van der Waals surface area contributed by atoms with Crippen LogP contribution in [0.1, 0.15) is 13.3 Å². The van der Waals surface area contributed by atoms with Crippen LogP contribution in [0, 0.1) is 0 Å². The molecule has 0 aromatic heterocycles. The van der Waals surface area contributed by atoms with Gasteiger partial charge in [-0.1, -0.05) is 0 Å². The molecule has 2 aliphatic heterocycles. The van der Waals surface area contributed by atoms with Gasteiger partial charge in [-0.05, 0) is 0 Å². The van der Waals surface area contributed by atoms with E-state index in [9.17, 15) is 39.9 Å². The lowest BCUT2D eigenvalue weighted by molar-refractivity contribution is -0.336. The molecule has 2 amide bonds. The van der Waals surface area contributed by atoms with E-state index in [0.29, 0.717) is 0 Å². The first-order chi connectivity index (χ1) is 16.4. The first kappa shape index (κ1) is 29.2. The first-order valence-corrected chi connectivity index (χ1v) is 10.7. The molecule has 16 heteroatoms. The second-order valence-corrected chi connectivity index (χ2v) is 8.22. The van der Waals surface area contributed by atoms with E-state index >= 15 is 0 Å². The highest BCUT2D eigenvalue weighted by Crippen LogP contribution is 2.29. The zero-order valence-electron chi connectivity index (χ0n) is 19.1. The van der Waals surface area contributed by atoms with Gasteiger partial charge in [-0.3, -0.25) is 14.4 Å². The fourth-order valence-corrected chi connectivity index (χ4v) is 3.90. The van der Waals surface area contributed by atoms with E-state index in [2.05, 4.69) is 10.6 Å². The van der Waals surface area contributed by atoms with Gasteiger partial charge in [-0.15, -0.1) is 0 Å². The normalized spacial score (nSPS) is 38.4. The number of methoxy groups -OCH3 is 1. The maximum atomic E-state index is 12.3. The van der Waals surface area contributed by atoms with Gasteiger partial charge in [-0.25, -0.2) is 0 Å². The molecule has 1 unspecified atom stereocenters. The summed E-state index contributed by atoms with van der Waals surface area (Å²) in [4.78, 5) is 34.7. The average Bonchev–Trinajstić information content (AvgIpc) is 2.79. The van der Waals surface area contributed by atoms with Crippen LogP contribution < -0.4 is 16.4 Å². The number of rotatable bonds is 10. The Balaban J connectivity index is 2.24.